The van der Waals surface area contributed by atoms with Gasteiger partial charge in [-0.05, 0) is 31.0 Å². The number of amides is 1. The molecule has 1 heterocycles. The molecule has 1 amide bonds. The summed E-state index contributed by atoms with van der Waals surface area (Å²) < 4.78 is 0. The smallest absolute Gasteiger partial charge is 0.230 e. The number of fused-ring (bicyclic) bond motifs is 1. The van der Waals surface area contributed by atoms with Gasteiger partial charge in [-0.15, -0.1) is 0 Å². The van der Waals surface area contributed by atoms with E-state index in [0.717, 1.165) is 12.8 Å². The number of rotatable bonds is 3. The molecule has 102 valence electrons. The fraction of sp³-hybridized carbons (Fsp3) is 0.467. The summed E-state index contributed by atoms with van der Waals surface area (Å²) in [6.07, 6.45) is 2.02. The van der Waals surface area contributed by atoms with Gasteiger partial charge in [-0.1, -0.05) is 25.4 Å². The molecule has 1 aliphatic heterocycles. The number of ketones is 1. The molecule has 0 bridgehead atoms. The Kier molecular flexibility index (Phi) is 4.25. The van der Waals surface area contributed by atoms with Crippen LogP contribution in [0.4, 0.5) is 5.69 Å². The van der Waals surface area contributed by atoms with Crippen LogP contribution < -0.4 is 4.90 Å². The number of hydrogen-bond acceptors (Lipinski definition) is 2. The predicted octanol–water partition coefficient (Wildman–Crippen LogP) is 3.70. The molecule has 4 heteroatoms. The van der Waals surface area contributed by atoms with Crippen LogP contribution in [0.15, 0.2) is 18.2 Å². The molecule has 0 unspecified atom stereocenters. The second-order valence-corrected chi connectivity index (χ2v) is 5.27. The van der Waals surface area contributed by atoms with Crippen molar-refractivity contribution in [3.8, 4) is 0 Å². The summed E-state index contributed by atoms with van der Waals surface area (Å²) >= 11 is 5.93. The number of nitrogens with zero attached hydrogens (tertiary/aromatic N) is 1. The Hall–Kier alpha value is -1.35. The molecular weight excluding hydrogens is 262 g/mol. The van der Waals surface area contributed by atoms with E-state index in [1.165, 1.54) is 0 Å². The average Bonchev–Trinajstić information content (AvgIpc) is 2.41. The molecule has 1 aromatic rings. The minimum absolute atomic E-state index is 0.0248. The Labute approximate surface area is 118 Å². The largest absolute Gasteiger partial charge is 0.311 e. The molecular formula is C15H18ClNO2. The molecule has 0 aromatic heterocycles. The fourth-order valence-electron chi connectivity index (χ4n) is 2.52. The highest BCUT2D eigenvalue weighted by Gasteiger charge is 2.30. The van der Waals surface area contributed by atoms with Gasteiger partial charge in [0.25, 0.3) is 0 Å². The zero-order valence-electron chi connectivity index (χ0n) is 11.3. The van der Waals surface area contributed by atoms with Gasteiger partial charge in [0, 0.05) is 29.5 Å². The summed E-state index contributed by atoms with van der Waals surface area (Å²) in [4.78, 5) is 26.2. The van der Waals surface area contributed by atoms with Crippen molar-refractivity contribution in [2.24, 2.45) is 5.92 Å². The number of Topliss-reactive ketones (excluding diaryl/α,β-unsaturated/α-hetero) is 1. The summed E-state index contributed by atoms with van der Waals surface area (Å²) in [6.45, 7) is 4.51. The van der Waals surface area contributed by atoms with E-state index in [9.17, 15) is 9.59 Å². The third kappa shape index (κ3) is 2.66. The SMILES string of the molecule is CCC(CC)C(=O)N1CCC(=O)c2cc(Cl)ccc21. The van der Waals surface area contributed by atoms with Gasteiger partial charge < -0.3 is 4.90 Å². The van der Waals surface area contributed by atoms with Crippen LogP contribution in [-0.4, -0.2) is 18.2 Å². The van der Waals surface area contributed by atoms with Crippen LogP contribution in [0.25, 0.3) is 0 Å². The molecule has 0 saturated carbocycles. The number of anilines is 1. The highest BCUT2D eigenvalue weighted by molar-refractivity contribution is 6.31. The van der Waals surface area contributed by atoms with Gasteiger partial charge in [0.05, 0.1) is 5.69 Å². The van der Waals surface area contributed by atoms with Crippen LogP contribution in [0.1, 0.15) is 43.5 Å². The highest BCUT2D eigenvalue weighted by atomic mass is 35.5. The molecule has 0 radical (unpaired) electrons. The normalized spacial score (nSPS) is 14.7. The van der Waals surface area contributed by atoms with Crippen molar-refractivity contribution in [1.29, 1.82) is 0 Å². The van der Waals surface area contributed by atoms with Gasteiger partial charge in [-0.3, -0.25) is 9.59 Å². The molecule has 0 saturated heterocycles. The minimum atomic E-state index is 0.0248. The van der Waals surface area contributed by atoms with Gasteiger partial charge in [-0.25, -0.2) is 0 Å². The van der Waals surface area contributed by atoms with E-state index in [0.29, 0.717) is 29.2 Å². The first-order chi connectivity index (χ1) is 9.08. The Bertz CT molecular complexity index is 509. The Morgan fingerprint density at radius 3 is 2.68 bits per heavy atom. The van der Waals surface area contributed by atoms with Crippen LogP contribution in [0.2, 0.25) is 5.02 Å². The maximum absolute atomic E-state index is 12.5. The molecule has 3 nitrogen and oxygen atoms in total. The lowest BCUT2D eigenvalue weighted by molar-refractivity contribution is -0.122. The lowest BCUT2D eigenvalue weighted by Gasteiger charge is -2.31. The molecule has 1 aromatic carbocycles. The van der Waals surface area contributed by atoms with Gasteiger partial charge in [0.15, 0.2) is 5.78 Å². The minimum Gasteiger partial charge on any atom is -0.311 e. The van der Waals surface area contributed by atoms with Crippen molar-refractivity contribution >= 4 is 29.0 Å². The lowest BCUT2D eigenvalue weighted by atomic mass is 9.96. The van der Waals surface area contributed by atoms with E-state index in [1.54, 1.807) is 23.1 Å². The van der Waals surface area contributed by atoms with E-state index in [1.807, 2.05) is 13.8 Å². The summed E-state index contributed by atoms with van der Waals surface area (Å²) in [6, 6.07) is 5.16. The van der Waals surface area contributed by atoms with Crippen molar-refractivity contribution in [3.63, 3.8) is 0 Å². The first-order valence-corrected chi connectivity index (χ1v) is 7.10. The molecule has 2 rings (SSSR count). The third-order valence-corrected chi connectivity index (χ3v) is 3.95. The van der Waals surface area contributed by atoms with Crippen LogP contribution in [-0.2, 0) is 4.79 Å². The second-order valence-electron chi connectivity index (χ2n) is 4.84. The van der Waals surface area contributed by atoms with Crippen molar-refractivity contribution in [2.45, 2.75) is 33.1 Å². The van der Waals surface area contributed by atoms with Crippen LogP contribution >= 0.6 is 11.6 Å². The number of carbonyl (C=O) groups is 2. The van der Waals surface area contributed by atoms with Gasteiger partial charge in [-0.2, -0.15) is 0 Å². The van der Waals surface area contributed by atoms with Crippen molar-refractivity contribution in [3.05, 3.63) is 28.8 Å². The van der Waals surface area contributed by atoms with E-state index in [2.05, 4.69) is 0 Å². The maximum atomic E-state index is 12.5. The molecule has 0 N–H and O–H groups in total. The molecule has 0 atom stereocenters. The van der Waals surface area contributed by atoms with E-state index < -0.39 is 0 Å². The zero-order valence-corrected chi connectivity index (χ0v) is 12.0. The molecule has 0 spiro atoms. The summed E-state index contributed by atoms with van der Waals surface area (Å²) in [7, 11) is 0. The van der Waals surface area contributed by atoms with Crippen molar-refractivity contribution in [2.75, 3.05) is 11.4 Å². The second kappa shape index (κ2) is 5.74. The topological polar surface area (TPSA) is 37.4 Å². The summed E-state index contributed by atoms with van der Waals surface area (Å²) in [5.74, 6) is 0.198. The lowest BCUT2D eigenvalue weighted by Crippen LogP contribution is -2.40. The molecule has 0 fully saturated rings. The first kappa shape index (κ1) is 14.1. The number of hydrogen-bond donors (Lipinski definition) is 0. The van der Waals surface area contributed by atoms with Crippen LogP contribution in [0.3, 0.4) is 0 Å². The Morgan fingerprint density at radius 2 is 2.05 bits per heavy atom. The third-order valence-electron chi connectivity index (χ3n) is 3.71. The number of halogens is 1. The molecule has 1 aliphatic rings. The van der Waals surface area contributed by atoms with E-state index >= 15 is 0 Å². The Morgan fingerprint density at radius 1 is 1.37 bits per heavy atom. The highest BCUT2D eigenvalue weighted by Crippen LogP contribution is 2.31. The summed E-state index contributed by atoms with van der Waals surface area (Å²) in [5.41, 5.74) is 1.27. The number of carbonyl (C=O) groups excluding carboxylic acids is 2. The first-order valence-electron chi connectivity index (χ1n) is 6.72. The Balaban J connectivity index is 2.38. The van der Waals surface area contributed by atoms with Crippen molar-refractivity contribution < 1.29 is 9.59 Å². The zero-order chi connectivity index (χ0) is 14.0. The van der Waals surface area contributed by atoms with Crippen LogP contribution in [0, 0.1) is 5.92 Å². The number of benzene rings is 1. The quantitative estimate of drug-likeness (QED) is 0.846. The summed E-state index contributed by atoms with van der Waals surface area (Å²) in [5, 5.41) is 0.531. The fourth-order valence-corrected chi connectivity index (χ4v) is 2.69. The van der Waals surface area contributed by atoms with E-state index in [-0.39, 0.29) is 17.6 Å². The van der Waals surface area contributed by atoms with Crippen LogP contribution in [0.5, 0.6) is 0 Å². The van der Waals surface area contributed by atoms with Crippen molar-refractivity contribution in [1.82, 2.24) is 0 Å². The van der Waals surface area contributed by atoms with Gasteiger partial charge in [0.1, 0.15) is 0 Å². The monoisotopic (exact) mass is 279 g/mol. The predicted molar refractivity (Wildman–Crippen MR) is 76.8 cm³/mol. The maximum Gasteiger partial charge on any atom is 0.230 e. The van der Waals surface area contributed by atoms with E-state index in [4.69, 9.17) is 11.6 Å². The van der Waals surface area contributed by atoms with Gasteiger partial charge >= 0.3 is 0 Å². The van der Waals surface area contributed by atoms with Gasteiger partial charge in [0.2, 0.25) is 5.91 Å². The molecule has 0 aliphatic carbocycles. The average molecular weight is 280 g/mol. The standard InChI is InChI=1S/C15H18ClNO2/c1-3-10(4-2)15(19)17-8-7-14(18)12-9-11(16)5-6-13(12)17/h5-6,9-10H,3-4,7-8H2,1-2H3. The molecule has 19 heavy (non-hydrogen) atoms.